The lowest BCUT2D eigenvalue weighted by Crippen LogP contribution is -2.35. The van der Waals surface area contributed by atoms with Gasteiger partial charge in [-0.15, -0.1) is 0 Å². The molecule has 1 aromatic rings. The van der Waals surface area contributed by atoms with Crippen molar-refractivity contribution in [2.24, 2.45) is 0 Å². The number of nitrogens with one attached hydrogen (secondary N) is 1. The zero-order valence-corrected chi connectivity index (χ0v) is 11.5. The summed E-state index contributed by atoms with van der Waals surface area (Å²) in [5.74, 6) is 0.0700. The summed E-state index contributed by atoms with van der Waals surface area (Å²) in [6.45, 7) is 3.54. The highest BCUT2D eigenvalue weighted by Gasteiger charge is 2.05. The minimum absolute atomic E-state index is 0.0700. The second-order valence-electron chi connectivity index (χ2n) is 3.79. The van der Waals surface area contributed by atoms with Crippen LogP contribution in [0.5, 0.6) is 0 Å². The molecule has 5 heteroatoms. The summed E-state index contributed by atoms with van der Waals surface area (Å²) < 4.78 is 0. The highest BCUT2D eigenvalue weighted by atomic mass is 35.5. The van der Waals surface area contributed by atoms with Crippen LogP contribution >= 0.6 is 23.2 Å². The third kappa shape index (κ3) is 4.94. The molecule has 1 aromatic carbocycles. The molecule has 0 aliphatic heterocycles. The number of hydrogen-bond acceptors (Lipinski definition) is 2. The summed E-state index contributed by atoms with van der Waals surface area (Å²) in [4.78, 5) is 13.2. The second-order valence-corrected chi connectivity index (χ2v) is 4.66. The number of carbonyl (C=O) groups excluding carboxylic acids is 1. The molecule has 1 rings (SSSR count). The van der Waals surface area contributed by atoms with Gasteiger partial charge in [-0.3, -0.25) is 4.79 Å². The van der Waals surface area contributed by atoms with E-state index in [0.717, 1.165) is 5.56 Å². The number of carbonyl (C=O) groups is 1. The van der Waals surface area contributed by atoms with Gasteiger partial charge in [-0.2, -0.15) is 0 Å². The number of nitrogens with zero attached hydrogens (tertiary/aromatic N) is 1. The van der Waals surface area contributed by atoms with Gasteiger partial charge in [0.25, 0.3) is 0 Å². The van der Waals surface area contributed by atoms with Crippen LogP contribution in [0.2, 0.25) is 10.0 Å². The van der Waals surface area contributed by atoms with E-state index in [1.807, 2.05) is 19.1 Å². The summed E-state index contributed by atoms with van der Waals surface area (Å²) in [6, 6.07) is 5.34. The zero-order valence-electron chi connectivity index (χ0n) is 9.96. The molecule has 0 aliphatic rings. The molecule has 0 heterocycles. The summed E-state index contributed by atoms with van der Waals surface area (Å²) in [7, 11) is 1.78. The van der Waals surface area contributed by atoms with E-state index in [-0.39, 0.29) is 5.91 Å². The Morgan fingerprint density at radius 1 is 1.29 bits per heavy atom. The lowest BCUT2D eigenvalue weighted by Gasteiger charge is -2.14. The van der Waals surface area contributed by atoms with E-state index in [1.165, 1.54) is 0 Å². The Morgan fingerprint density at radius 2 is 1.88 bits per heavy atom. The van der Waals surface area contributed by atoms with Gasteiger partial charge < -0.3 is 10.2 Å². The fourth-order valence-electron chi connectivity index (χ4n) is 1.34. The maximum absolute atomic E-state index is 11.5. The zero-order chi connectivity index (χ0) is 12.8. The Kier molecular flexibility index (Phi) is 5.75. The van der Waals surface area contributed by atoms with Gasteiger partial charge in [-0.1, -0.05) is 23.2 Å². The molecule has 94 valence electrons. The first-order chi connectivity index (χ1) is 8.02. The smallest absolute Gasteiger partial charge is 0.236 e. The van der Waals surface area contributed by atoms with Crippen LogP contribution in [0, 0.1) is 0 Å². The van der Waals surface area contributed by atoms with E-state index >= 15 is 0 Å². The van der Waals surface area contributed by atoms with Gasteiger partial charge in [0.1, 0.15) is 0 Å². The van der Waals surface area contributed by atoms with E-state index < -0.39 is 0 Å². The molecule has 0 aliphatic carbocycles. The third-order valence-electron chi connectivity index (χ3n) is 2.43. The van der Waals surface area contributed by atoms with E-state index in [2.05, 4.69) is 5.32 Å². The number of likely N-dealkylation sites (N-methyl/N-ethyl adjacent to an activating group) is 1. The molecule has 1 N–H and O–H groups in total. The molecule has 0 atom stereocenters. The van der Waals surface area contributed by atoms with Crippen molar-refractivity contribution in [3.8, 4) is 0 Å². The van der Waals surface area contributed by atoms with Crippen LogP contribution in [-0.4, -0.2) is 30.9 Å². The molecule has 0 saturated carbocycles. The minimum Gasteiger partial charge on any atom is -0.345 e. The average Bonchev–Trinajstić information content (AvgIpc) is 2.26. The predicted octanol–water partition coefficient (Wildman–Crippen LogP) is 2.56. The first-order valence-electron chi connectivity index (χ1n) is 5.42. The van der Waals surface area contributed by atoms with Crippen molar-refractivity contribution in [2.75, 3.05) is 20.1 Å². The minimum atomic E-state index is 0.0700. The monoisotopic (exact) mass is 274 g/mol. The molecule has 17 heavy (non-hydrogen) atoms. The van der Waals surface area contributed by atoms with Crippen LogP contribution in [-0.2, 0) is 11.3 Å². The van der Waals surface area contributed by atoms with E-state index in [0.29, 0.717) is 29.7 Å². The molecule has 1 amide bonds. The van der Waals surface area contributed by atoms with Gasteiger partial charge in [-0.25, -0.2) is 0 Å². The topological polar surface area (TPSA) is 32.3 Å². The molecule has 0 radical (unpaired) electrons. The summed E-state index contributed by atoms with van der Waals surface area (Å²) in [6.07, 6.45) is 0. The second kappa shape index (κ2) is 6.84. The fraction of sp³-hybridized carbons (Fsp3) is 0.417. The molecule has 0 bridgehead atoms. The van der Waals surface area contributed by atoms with Crippen LogP contribution in [0.1, 0.15) is 12.5 Å². The largest absolute Gasteiger partial charge is 0.345 e. The number of hydrogen-bond donors (Lipinski definition) is 1. The Bertz CT molecular complexity index is 376. The van der Waals surface area contributed by atoms with Crippen LogP contribution < -0.4 is 5.32 Å². The van der Waals surface area contributed by atoms with Gasteiger partial charge in [0.2, 0.25) is 5.91 Å². The van der Waals surface area contributed by atoms with Crippen molar-refractivity contribution in [1.29, 1.82) is 0 Å². The summed E-state index contributed by atoms with van der Waals surface area (Å²) >= 11 is 11.8. The summed E-state index contributed by atoms with van der Waals surface area (Å²) in [5, 5.41) is 4.27. The molecule has 0 unspecified atom stereocenters. The predicted molar refractivity (Wildman–Crippen MR) is 71.5 cm³/mol. The van der Waals surface area contributed by atoms with Gasteiger partial charge in [0.05, 0.1) is 6.54 Å². The van der Waals surface area contributed by atoms with Crippen molar-refractivity contribution in [2.45, 2.75) is 13.5 Å². The highest BCUT2D eigenvalue weighted by Crippen LogP contribution is 2.18. The lowest BCUT2D eigenvalue weighted by molar-refractivity contribution is -0.128. The molecule has 0 spiro atoms. The van der Waals surface area contributed by atoms with Crippen molar-refractivity contribution in [3.05, 3.63) is 33.8 Å². The number of amides is 1. The highest BCUT2D eigenvalue weighted by molar-refractivity contribution is 6.34. The van der Waals surface area contributed by atoms with E-state index in [1.54, 1.807) is 18.0 Å². The number of halogens is 2. The third-order valence-corrected chi connectivity index (χ3v) is 2.86. The lowest BCUT2D eigenvalue weighted by atomic mass is 10.2. The van der Waals surface area contributed by atoms with E-state index in [4.69, 9.17) is 23.2 Å². The Hall–Kier alpha value is -0.770. The van der Waals surface area contributed by atoms with Gasteiger partial charge in [0.15, 0.2) is 0 Å². The number of rotatable bonds is 5. The van der Waals surface area contributed by atoms with Crippen molar-refractivity contribution < 1.29 is 4.79 Å². The molecule has 0 fully saturated rings. The van der Waals surface area contributed by atoms with Crippen LogP contribution in [0.4, 0.5) is 0 Å². The quantitative estimate of drug-likeness (QED) is 0.895. The molecule has 3 nitrogen and oxygen atoms in total. The first-order valence-corrected chi connectivity index (χ1v) is 6.18. The summed E-state index contributed by atoms with van der Waals surface area (Å²) in [5.41, 5.74) is 0.967. The maximum atomic E-state index is 11.5. The Labute approximate surface area is 112 Å². The van der Waals surface area contributed by atoms with Crippen molar-refractivity contribution >= 4 is 29.1 Å². The molecule has 0 saturated heterocycles. The molecular formula is C12H16Cl2N2O. The standard InChI is InChI=1S/C12H16Cl2N2O/c1-3-16(2)12(17)8-15-7-9-4-10(13)6-11(14)5-9/h4-6,15H,3,7-8H2,1-2H3. The Morgan fingerprint density at radius 3 is 2.41 bits per heavy atom. The van der Waals surface area contributed by atoms with E-state index in [9.17, 15) is 4.79 Å². The molecule has 0 aromatic heterocycles. The van der Waals surface area contributed by atoms with Gasteiger partial charge in [0, 0.05) is 30.2 Å². The SMILES string of the molecule is CCN(C)C(=O)CNCc1cc(Cl)cc(Cl)c1. The van der Waals surface area contributed by atoms with Gasteiger partial charge in [-0.05, 0) is 30.7 Å². The normalized spacial score (nSPS) is 10.4. The molecular weight excluding hydrogens is 259 g/mol. The maximum Gasteiger partial charge on any atom is 0.236 e. The van der Waals surface area contributed by atoms with Crippen LogP contribution in [0.25, 0.3) is 0 Å². The van der Waals surface area contributed by atoms with Crippen LogP contribution in [0.3, 0.4) is 0 Å². The number of benzene rings is 1. The van der Waals surface area contributed by atoms with Crippen LogP contribution in [0.15, 0.2) is 18.2 Å². The Balaban J connectivity index is 2.43. The fourth-order valence-corrected chi connectivity index (χ4v) is 1.91. The average molecular weight is 275 g/mol. The van der Waals surface area contributed by atoms with Crippen molar-refractivity contribution in [1.82, 2.24) is 10.2 Å². The first kappa shape index (κ1) is 14.3. The van der Waals surface area contributed by atoms with Crippen molar-refractivity contribution in [3.63, 3.8) is 0 Å². The van der Waals surface area contributed by atoms with Gasteiger partial charge >= 0.3 is 0 Å².